The van der Waals surface area contributed by atoms with E-state index in [1.807, 2.05) is 0 Å². The second-order valence-electron chi connectivity index (χ2n) is 5.63. The highest BCUT2D eigenvalue weighted by atomic mass is 19.1. The van der Waals surface area contributed by atoms with Crippen LogP contribution < -0.4 is 4.90 Å². The average Bonchev–Trinajstić information content (AvgIpc) is 2.97. The zero-order valence-corrected chi connectivity index (χ0v) is 13.1. The summed E-state index contributed by atoms with van der Waals surface area (Å²) in [4.78, 5) is 27.4. The van der Waals surface area contributed by atoms with Crippen molar-refractivity contribution >= 4 is 17.6 Å². The van der Waals surface area contributed by atoms with Crippen molar-refractivity contribution in [3.63, 3.8) is 0 Å². The van der Waals surface area contributed by atoms with Crippen LogP contribution in [0.25, 0.3) is 0 Å². The highest BCUT2D eigenvalue weighted by Gasteiger charge is 2.28. The quantitative estimate of drug-likeness (QED) is 0.914. The van der Waals surface area contributed by atoms with E-state index in [1.54, 1.807) is 24.1 Å². The molecule has 24 heavy (non-hydrogen) atoms. The lowest BCUT2D eigenvalue weighted by molar-refractivity contribution is 0.0671. The Morgan fingerprint density at radius 1 is 1.12 bits per heavy atom. The van der Waals surface area contributed by atoms with Crippen molar-refractivity contribution in [2.45, 2.75) is 0 Å². The molecule has 0 atom stereocenters. The van der Waals surface area contributed by atoms with Gasteiger partial charge in [-0.15, -0.1) is 0 Å². The minimum atomic E-state index is -1.17. The van der Waals surface area contributed by atoms with Gasteiger partial charge in [0.2, 0.25) is 0 Å². The summed E-state index contributed by atoms with van der Waals surface area (Å²) in [5.74, 6) is -1.84. The topological polar surface area (TPSA) is 78.7 Å². The van der Waals surface area contributed by atoms with Gasteiger partial charge in [0.1, 0.15) is 11.4 Å². The fourth-order valence-electron chi connectivity index (χ4n) is 2.77. The molecule has 1 aliphatic rings. The molecule has 8 heteroatoms. The summed E-state index contributed by atoms with van der Waals surface area (Å²) in [5.41, 5.74) is 0.760. The number of amides is 1. The lowest BCUT2D eigenvalue weighted by atomic mass is 10.2. The van der Waals surface area contributed by atoms with E-state index in [-0.39, 0.29) is 23.0 Å². The number of aromatic carboxylic acids is 1. The van der Waals surface area contributed by atoms with Gasteiger partial charge in [-0.25, -0.2) is 9.18 Å². The van der Waals surface area contributed by atoms with Crippen molar-refractivity contribution < 1.29 is 19.1 Å². The van der Waals surface area contributed by atoms with Gasteiger partial charge in [0.05, 0.1) is 0 Å². The van der Waals surface area contributed by atoms with Crippen LogP contribution in [0.5, 0.6) is 0 Å². The van der Waals surface area contributed by atoms with Crippen LogP contribution in [0.2, 0.25) is 0 Å². The summed E-state index contributed by atoms with van der Waals surface area (Å²) in [6.07, 6.45) is 1.32. The smallest absolute Gasteiger partial charge is 0.339 e. The monoisotopic (exact) mass is 332 g/mol. The first kappa shape index (κ1) is 16.0. The summed E-state index contributed by atoms with van der Waals surface area (Å²) >= 11 is 0. The molecule has 1 aliphatic heterocycles. The molecule has 126 valence electrons. The number of hydrogen-bond acceptors (Lipinski definition) is 4. The molecule has 1 saturated heterocycles. The number of carbonyl (C=O) groups is 2. The molecule has 0 bridgehead atoms. The number of piperazine rings is 1. The summed E-state index contributed by atoms with van der Waals surface area (Å²) in [6, 6.07) is 6.21. The molecule has 0 unspecified atom stereocenters. The van der Waals surface area contributed by atoms with Crippen LogP contribution in [0.15, 0.2) is 30.5 Å². The predicted molar refractivity (Wildman–Crippen MR) is 84.7 cm³/mol. The minimum absolute atomic E-state index is 0.0415. The van der Waals surface area contributed by atoms with Gasteiger partial charge in [-0.1, -0.05) is 0 Å². The first-order chi connectivity index (χ1) is 11.5. The Labute approximate surface area is 137 Å². The van der Waals surface area contributed by atoms with Gasteiger partial charge >= 0.3 is 5.97 Å². The van der Waals surface area contributed by atoms with E-state index in [4.69, 9.17) is 0 Å². The Morgan fingerprint density at radius 3 is 2.33 bits per heavy atom. The van der Waals surface area contributed by atoms with Crippen LogP contribution in [0, 0.1) is 5.82 Å². The van der Waals surface area contributed by atoms with E-state index < -0.39 is 5.97 Å². The fourth-order valence-corrected chi connectivity index (χ4v) is 2.77. The highest BCUT2D eigenvalue weighted by Crippen LogP contribution is 2.18. The molecule has 1 amide bonds. The lowest BCUT2D eigenvalue weighted by Gasteiger charge is -2.35. The number of benzene rings is 1. The van der Waals surface area contributed by atoms with Crippen molar-refractivity contribution in [1.82, 2.24) is 14.7 Å². The Bertz CT molecular complexity index is 764. The number of halogens is 1. The van der Waals surface area contributed by atoms with Crippen LogP contribution in [-0.2, 0) is 7.05 Å². The zero-order valence-electron chi connectivity index (χ0n) is 13.1. The fraction of sp³-hybridized carbons (Fsp3) is 0.312. The maximum Gasteiger partial charge on any atom is 0.339 e. The number of aromatic nitrogens is 2. The molecule has 0 radical (unpaired) electrons. The van der Waals surface area contributed by atoms with Crippen LogP contribution in [0.1, 0.15) is 20.8 Å². The number of carbonyl (C=O) groups excluding carboxylic acids is 1. The zero-order chi connectivity index (χ0) is 17.3. The first-order valence-electron chi connectivity index (χ1n) is 7.52. The Morgan fingerprint density at radius 2 is 1.75 bits per heavy atom. The van der Waals surface area contributed by atoms with E-state index in [1.165, 1.54) is 23.0 Å². The number of hydrogen-bond donors (Lipinski definition) is 1. The molecule has 2 heterocycles. The summed E-state index contributed by atoms with van der Waals surface area (Å²) in [6.45, 7) is 2.08. The van der Waals surface area contributed by atoms with E-state index in [9.17, 15) is 19.1 Å². The molecule has 1 aromatic carbocycles. The van der Waals surface area contributed by atoms with Gasteiger partial charge in [0.25, 0.3) is 5.91 Å². The molecule has 0 aliphatic carbocycles. The van der Waals surface area contributed by atoms with Gasteiger partial charge < -0.3 is 14.9 Å². The SMILES string of the molecule is Cn1cc(C(=O)O)c(C(=O)N2CCN(c3ccc(F)cc3)CC2)n1. The molecule has 1 N–H and O–H groups in total. The first-order valence-corrected chi connectivity index (χ1v) is 7.52. The summed E-state index contributed by atoms with van der Waals surface area (Å²) < 4.78 is 14.3. The van der Waals surface area contributed by atoms with Crippen molar-refractivity contribution in [3.05, 3.63) is 47.5 Å². The molecule has 0 spiro atoms. The van der Waals surface area contributed by atoms with Crippen LogP contribution in [-0.4, -0.2) is 57.8 Å². The molecule has 3 rings (SSSR count). The normalized spacial score (nSPS) is 14.8. The highest BCUT2D eigenvalue weighted by molar-refractivity contribution is 6.03. The Balaban J connectivity index is 1.69. The minimum Gasteiger partial charge on any atom is -0.478 e. The third-order valence-electron chi connectivity index (χ3n) is 4.02. The second kappa shape index (κ2) is 6.31. The van der Waals surface area contributed by atoms with E-state index in [2.05, 4.69) is 10.00 Å². The van der Waals surface area contributed by atoms with E-state index in [0.717, 1.165) is 5.69 Å². The number of rotatable bonds is 3. The maximum atomic E-state index is 13.0. The molecule has 7 nitrogen and oxygen atoms in total. The van der Waals surface area contributed by atoms with E-state index in [0.29, 0.717) is 26.2 Å². The maximum absolute atomic E-state index is 13.0. The van der Waals surface area contributed by atoms with Crippen molar-refractivity contribution in [1.29, 1.82) is 0 Å². The van der Waals surface area contributed by atoms with E-state index >= 15 is 0 Å². The van der Waals surface area contributed by atoms with Crippen molar-refractivity contribution in [3.8, 4) is 0 Å². The molecule has 1 aromatic heterocycles. The van der Waals surface area contributed by atoms with Gasteiger partial charge in [0, 0.05) is 45.1 Å². The van der Waals surface area contributed by atoms with Gasteiger partial charge in [0.15, 0.2) is 5.69 Å². The average molecular weight is 332 g/mol. The third-order valence-corrected chi connectivity index (χ3v) is 4.02. The van der Waals surface area contributed by atoms with Crippen LogP contribution >= 0.6 is 0 Å². The summed E-state index contributed by atoms with van der Waals surface area (Å²) in [5, 5.41) is 13.2. The second-order valence-corrected chi connectivity index (χ2v) is 5.63. The third kappa shape index (κ3) is 3.08. The van der Waals surface area contributed by atoms with Crippen molar-refractivity contribution in [2.75, 3.05) is 31.1 Å². The molecular weight excluding hydrogens is 315 g/mol. The van der Waals surface area contributed by atoms with Crippen LogP contribution in [0.3, 0.4) is 0 Å². The van der Waals surface area contributed by atoms with Gasteiger partial charge in [-0.05, 0) is 24.3 Å². The Hall–Kier alpha value is -2.90. The van der Waals surface area contributed by atoms with Crippen LogP contribution in [0.4, 0.5) is 10.1 Å². The number of anilines is 1. The molecule has 2 aromatic rings. The predicted octanol–water partition coefficient (Wildman–Crippen LogP) is 1.22. The molecular formula is C16H17FN4O3. The summed E-state index contributed by atoms with van der Waals surface area (Å²) in [7, 11) is 1.58. The molecule has 1 fully saturated rings. The number of carboxylic acids is 1. The largest absolute Gasteiger partial charge is 0.478 e. The lowest BCUT2D eigenvalue weighted by Crippen LogP contribution is -2.49. The van der Waals surface area contributed by atoms with Crippen molar-refractivity contribution in [2.24, 2.45) is 7.05 Å². The standard InChI is InChI=1S/C16H17FN4O3/c1-19-10-13(16(23)24)14(18-19)15(22)21-8-6-20(7-9-21)12-4-2-11(17)3-5-12/h2-5,10H,6-9H2,1H3,(H,23,24). The van der Waals surface area contributed by atoms with Gasteiger partial charge in [-0.2, -0.15) is 5.10 Å². The number of aryl methyl sites for hydroxylation is 1. The number of carboxylic acid groups (broad SMARTS) is 1. The Kier molecular flexibility index (Phi) is 4.20. The van der Waals surface area contributed by atoms with Gasteiger partial charge in [-0.3, -0.25) is 9.48 Å². The number of nitrogens with zero attached hydrogens (tertiary/aromatic N) is 4. The molecule has 0 saturated carbocycles.